The largest absolute Gasteiger partial charge is 0.347 e. The van der Waals surface area contributed by atoms with E-state index in [1.165, 1.54) is 6.07 Å². The summed E-state index contributed by atoms with van der Waals surface area (Å²) >= 11 is 0. The molecule has 0 spiro atoms. The molecule has 2 aromatic rings. The first-order chi connectivity index (χ1) is 13.5. The Labute approximate surface area is 167 Å². The summed E-state index contributed by atoms with van der Waals surface area (Å²) in [5, 5.41) is 3.23. The SMILES string of the molecule is CC(C)CC(=O)NC(c1ccccn1)C1CCN(Cc2ccccc2F)CC1. The smallest absolute Gasteiger partial charge is 0.220 e. The van der Waals surface area contributed by atoms with Gasteiger partial charge in [0.15, 0.2) is 0 Å². The molecule has 2 heterocycles. The molecule has 1 unspecified atom stereocenters. The Hall–Kier alpha value is -2.27. The van der Waals surface area contributed by atoms with Gasteiger partial charge in [-0.05, 0) is 56.0 Å². The third-order valence-corrected chi connectivity index (χ3v) is 5.37. The van der Waals surface area contributed by atoms with Crippen LogP contribution in [0.5, 0.6) is 0 Å². The third kappa shape index (κ3) is 5.61. The molecule has 1 aromatic carbocycles. The van der Waals surface area contributed by atoms with Crippen LogP contribution in [0.1, 0.15) is 50.4 Å². The van der Waals surface area contributed by atoms with E-state index in [0.29, 0.717) is 24.8 Å². The minimum Gasteiger partial charge on any atom is -0.347 e. The van der Waals surface area contributed by atoms with Gasteiger partial charge in [0, 0.05) is 24.7 Å². The number of piperidine rings is 1. The predicted molar refractivity (Wildman–Crippen MR) is 109 cm³/mol. The number of likely N-dealkylation sites (tertiary alicyclic amines) is 1. The maximum atomic E-state index is 13.9. The van der Waals surface area contributed by atoms with Crippen LogP contribution >= 0.6 is 0 Å². The van der Waals surface area contributed by atoms with Crippen molar-refractivity contribution >= 4 is 5.91 Å². The Morgan fingerprint density at radius 3 is 2.54 bits per heavy atom. The second-order valence-electron chi connectivity index (χ2n) is 8.10. The van der Waals surface area contributed by atoms with Crippen molar-refractivity contribution in [1.29, 1.82) is 0 Å². The fourth-order valence-corrected chi connectivity index (χ4v) is 3.91. The van der Waals surface area contributed by atoms with Gasteiger partial charge in [0.05, 0.1) is 11.7 Å². The molecule has 0 saturated carbocycles. The molecule has 0 bridgehead atoms. The first-order valence-corrected chi connectivity index (χ1v) is 10.2. The number of halogens is 1. The number of amides is 1. The molecule has 4 nitrogen and oxygen atoms in total. The van der Waals surface area contributed by atoms with E-state index >= 15 is 0 Å². The van der Waals surface area contributed by atoms with Crippen LogP contribution in [0, 0.1) is 17.7 Å². The summed E-state index contributed by atoms with van der Waals surface area (Å²) in [6, 6.07) is 12.8. The van der Waals surface area contributed by atoms with Crippen molar-refractivity contribution in [2.45, 2.75) is 45.7 Å². The average molecular weight is 384 g/mol. The van der Waals surface area contributed by atoms with Crippen molar-refractivity contribution in [3.05, 3.63) is 65.7 Å². The zero-order chi connectivity index (χ0) is 19.9. The molecule has 0 aliphatic carbocycles. The van der Waals surface area contributed by atoms with Crippen molar-refractivity contribution < 1.29 is 9.18 Å². The van der Waals surface area contributed by atoms with Gasteiger partial charge in [0.2, 0.25) is 5.91 Å². The van der Waals surface area contributed by atoms with Gasteiger partial charge >= 0.3 is 0 Å². The van der Waals surface area contributed by atoms with Crippen LogP contribution in [-0.4, -0.2) is 28.9 Å². The van der Waals surface area contributed by atoms with Crippen molar-refractivity contribution in [1.82, 2.24) is 15.2 Å². The van der Waals surface area contributed by atoms with E-state index in [0.717, 1.165) is 37.2 Å². The summed E-state index contributed by atoms with van der Waals surface area (Å²) < 4.78 is 13.9. The number of pyridine rings is 1. The Kier molecular flexibility index (Phi) is 7.15. The molecule has 3 rings (SSSR count). The van der Waals surface area contributed by atoms with Gasteiger partial charge in [-0.3, -0.25) is 14.7 Å². The molecular formula is C23H30FN3O. The number of hydrogen-bond donors (Lipinski definition) is 1. The minimum absolute atomic E-state index is 0.0666. The van der Waals surface area contributed by atoms with E-state index in [9.17, 15) is 9.18 Å². The standard InChI is InChI=1S/C23H30FN3O/c1-17(2)15-22(28)26-23(21-9-5-6-12-25-21)18-10-13-27(14-11-18)16-19-7-3-4-8-20(19)24/h3-9,12,17-18,23H,10-11,13-16H2,1-2H3,(H,26,28). The van der Waals surface area contributed by atoms with Crippen molar-refractivity contribution in [3.63, 3.8) is 0 Å². The van der Waals surface area contributed by atoms with Crippen LogP contribution in [0.3, 0.4) is 0 Å². The second kappa shape index (κ2) is 9.78. The summed E-state index contributed by atoms with van der Waals surface area (Å²) in [5.41, 5.74) is 1.67. The van der Waals surface area contributed by atoms with Crippen LogP contribution in [0.2, 0.25) is 0 Å². The van der Waals surface area contributed by atoms with Crippen LogP contribution in [-0.2, 0) is 11.3 Å². The zero-order valence-corrected chi connectivity index (χ0v) is 16.8. The molecule has 1 atom stereocenters. The summed E-state index contributed by atoms with van der Waals surface area (Å²) in [7, 11) is 0. The maximum absolute atomic E-state index is 13.9. The molecular weight excluding hydrogens is 353 g/mol. The highest BCUT2D eigenvalue weighted by atomic mass is 19.1. The van der Waals surface area contributed by atoms with E-state index < -0.39 is 0 Å². The molecule has 1 aliphatic rings. The van der Waals surface area contributed by atoms with Gasteiger partial charge in [-0.1, -0.05) is 38.1 Å². The predicted octanol–water partition coefficient (Wildman–Crippen LogP) is 4.34. The van der Waals surface area contributed by atoms with Gasteiger partial charge < -0.3 is 5.32 Å². The molecule has 0 radical (unpaired) electrons. The minimum atomic E-state index is -0.142. The van der Waals surface area contributed by atoms with Crippen molar-refractivity contribution in [2.75, 3.05) is 13.1 Å². The molecule has 5 heteroatoms. The zero-order valence-electron chi connectivity index (χ0n) is 16.8. The molecule has 1 aromatic heterocycles. The van der Waals surface area contributed by atoms with Crippen LogP contribution in [0.25, 0.3) is 0 Å². The first-order valence-electron chi connectivity index (χ1n) is 10.2. The molecule has 1 fully saturated rings. The molecule has 28 heavy (non-hydrogen) atoms. The Balaban J connectivity index is 1.64. The highest BCUT2D eigenvalue weighted by molar-refractivity contribution is 5.76. The topological polar surface area (TPSA) is 45.2 Å². The molecule has 1 aliphatic heterocycles. The number of carbonyl (C=O) groups excluding carboxylic acids is 1. The number of nitrogens with one attached hydrogen (secondary N) is 1. The Morgan fingerprint density at radius 1 is 1.18 bits per heavy atom. The monoisotopic (exact) mass is 383 g/mol. The normalized spacial score (nSPS) is 16.9. The van der Waals surface area contributed by atoms with Gasteiger partial charge in [-0.25, -0.2) is 4.39 Å². The highest BCUT2D eigenvalue weighted by Crippen LogP contribution is 2.31. The molecule has 150 valence electrons. The first kappa shape index (κ1) is 20.5. The van der Waals surface area contributed by atoms with E-state index in [1.807, 2.05) is 30.3 Å². The number of benzene rings is 1. The lowest BCUT2D eigenvalue weighted by molar-refractivity contribution is -0.123. The summed E-state index contributed by atoms with van der Waals surface area (Å²) in [6.45, 7) is 6.52. The van der Waals surface area contributed by atoms with Crippen molar-refractivity contribution in [2.24, 2.45) is 11.8 Å². The van der Waals surface area contributed by atoms with Gasteiger partial charge in [0.25, 0.3) is 0 Å². The van der Waals surface area contributed by atoms with Crippen LogP contribution in [0.4, 0.5) is 4.39 Å². The van der Waals surface area contributed by atoms with Crippen molar-refractivity contribution in [3.8, 4) is 0 Å². The van der Waals surface area contributed by atoms with E-state index in [2.05, 4.69) is 29.0 Å². The highest BCUT2D eigenvalue weighted by Gasteiger charge is 2.30. The van der Waals surface area contributed by atoms with Crippen LogP contribution < -0.4 is 5.32 Å². The molecule has 1 N–H and O–H groups in total. The fraction of sp³-hybridized carbons (Fsp3) is 0.478. The number of nitrogens with zero attached hydrogens (tertiary/aromatic N) is 2. The molecule has 1 saturated heterocycles. The lowest BCUT2D eigenvalue weighted by Crippen LogP contribution is -2.41. The summed E-state index contributed by atoms with van der Waals surface area (Å²) in [6.07, 6.45) is 4.22. The Bertz CT molecular complexity index is 757. The van der Waals surface area contributed by atoms with E-state index in [-0.39, 0.29) is 17.8 Å². The summed E-state index contributed by atoms with van der Waals surface area (Å²) in [4.78, 5) is 19.2. The van der Waals surface area contributed by atoms with E-state index in [4.69, 9.17) is 0 Å². The maximum Gasteiger partial charge on any atom is 0.220 e. The molecule has 1 amide bonds. The van der Waals surface area contributed by atoms with E-state index in [1.54, 1.807) is 12.3 Å². The quantitative estimate of drug-likeness (QED) is 0.774. The second-order valence-corrected chi connectivity index (χ2v) is 8.10. The lowest BCUT2D eigenvalue weighted by atomic mass is 9.87. The Morgan fingerprint density at radius 2 is 1.89 bits per heavy atom. The number of rotatable bonds is 7. The van der Waals surface area contributed by atoms with Gasteiger partial charge in [-0.2, -0.15) is 0 Å². The number of hydrogen-bond acceptors (Lipinski definition) is 3. The van der Waals surface area contributed by atoms with Crippen LogP contribution in [0.15, 0.2) is 48.7 Å². The fourth-order valence-electron chi connectivity index (χ4n) is 3.91. The lowest BCUT2D eigenvalue weighted by Gasteiger charge is -2.36. The number of aromatic nitrogens is 1. The average Bonchev–Trinajstić information content (AvgIpc) is 2.69. The number of carbonyl (C=O) groups is 1. The van der Waals surface area contributed by atoms with Gasteiger partial charge in [0.1, 0.15) is 5.82 Å². The summed E-state index contributed by atoms with van der Waals surface area (Å²) in [5.74, 6) is 0.603. The van der Waals surface area contributed by atoms with Gasteiger partial charge in [-0.15, -0.1) is 0 Å². The third-order valence-electron chi connectivity index (χ3n) is 5.37.